The largest absolute Gasteiger partial charge is 0.396 e. The van der Waals surface area contributed by atoms with E-state index in [-0.39, 0.29) is 12.4 Å². The molecule has 0 spiro atoms. The number of halogens is 1. The maximum atomic E-state index is 12.8. The average Bonchev–Trinajstić information content (AvgIpc) is 2.12. The molecule has 13 heavy (non-hydrogen) atoms. The van der Waals surface area contributed by atoms with Crippen molar-refractivity contribution in [3.05, 3.63) is 29.6 Å². The fraction of sp³-hybridized carbons (Fsp3) is 0.400. The third-order valence-electron chi connectivity index (χ3n) is 1.70. The first-order chi connectivity index (χ1) is 6.24. The number of aryl methyl sites for hydroxylation is 1. The smallest absolute Gasteiger partial charge is 0.126 e. The van der Waals surface area contributed by atoms with E-state index in [1.54, 1.807) is 24.8 Å². The molecule has 0 amide bonds. The monoisotopic (exact) mass is 200 g/mol. The van der Waals surface area contributed by atoms with Crippen LogP contribution in [0, 0.1) is 12.7 Å². The highest BCUT2D eigenvalue weighted by Crippen LogP contribution is 2.20. The van der Waals surface area contributed by atoms with Gasteiger partial charge in [-0.05, 0) is 37.1 Å². The van der Waals surface area contributed by atoms with E-state index >= 15 is 0 Å². The zero-order chi connectivity index (χ0) is 9.68. The molecule has 0 heterocycles. The minimum atomic E-state index is -0.161. The molecular weight excluding hydrogens is 187 g/mol. The van der Waals surface area contributed by atoms with E-state index in [2.05, 4.69) is 0 Å². The van der Waals surface area contributed by atoms with E-state index in [1.165, 1.54) is 6.07 Å². The van der Waals surface area contributed by atoms with Crippen molar-refractivity contribution in [3.8, 4) is 0 Å². The molecule has 1 aromatic rings. The van der Waals surface area contributed by atoms with Crippen LogP contribution in [-0.2, 0) is 0 Å². The third kappa shape index (κ3) is 3.36. The van der Waals surface area contributed by atoms with E-state index in [4.69, 9.17) is 5.11 Å². The van der Waals surface area contributed by atoms with E-state index < -0.39 is 0 Å². The maximum Gasteiger partial charge on any atom is 0.126 e. The average molecular weight is 200 g/mol. The summed E-state index contributed by atoms with van der Waals surface area (Å²) in [5.74, 6) is 0.716. The highest BCUT2D eigenvalue weighted by atomic mass is 32.2. The van der Waals surface area contributed by atoms with Crippen LogP contribution in [0.4, 0.5) is 4.39 Å². The highest BCUT2D eigenvalue weighted by molar-refractivity contribution is 7.99. The van der Waals surface area contributed by atoms with Gasteiger partial charge in [-0.3, -0.25) is 0 Å². The molecule has 0 fully saturated rings. The lowest BCUT2D eigenvalue weighted by atomic mass is 10.2. The molecule has 1 rings (SSSR count). The van der Waals surface area contributed by atoms with Crippen LogP contribution in [0.5, 0.6) is 0 Å². The van der Waals surface area contributed by atoms with Crippen LogP contribution < -0.4 is 0 Å². The van der Waals surface area contributed by atoms with Crippen molar-refractivity contribution >= 4 is 11.8 Å². The number of rotatable bonds is 4. The summed E-state index contributed by atoms with van der Waals surface area (Å²) in [6.07, 6.45) is 0.779. The second kappa shape index (κ2) is 5.25. The van der Waals surface area contributed by atoms with E-state index in [9.17, 15) is 4.39 Å². The number of benzene rings is 1. The lowest BCUT2D eigenvalue weighted by Crippen LogP contribution is -1.87. The van der Waals surface area contributed by atoms with Gasteiger partial charge in [0.2, 0.25) is 0 Å². The Morgan fingerprint density at radius 3 is 2.85 bits per heavy atom. The Hall–Kier alpha value is -0.540. The van der Waals surface area contributed by atoms with Crippen molar-refractivity contribution in [1.29, 1.82) is 0 Å². The molecule has 1 nitrogen and oxygen atoms in total. The predicted octanol–water partition coefficient (Wildman–Crippen LogP) is 2.61. The van der Waals surface area contributed by atoms with Gasteiger partial charge in [0.25, 0.3) is 0 Å². The van der Waals surface area contributed by atoms with Gasteiger partial charge >= 0.3 is 0 Å². The summed E-state index contributed by atoms with van der Waals surface area (Å²) in [4.78, 5) is 1.06. The SMILES string of the molecule is Cc1cc(SCCCO)ccc1F. The molecule has 0 aliphatic heterocycles. The van der Waals surface area contributed by atoms with Gasteiger partial charge in [-0.1, -0.05) is 0 Å². The molecule has 0 bridgehead atoms. The van der Waals surface area contributed by atoms with E-state index in [0.29, 0.717) is 5.56 Å². The Bertz CT molecular complexity index is 276. The number of aliphatic hydroxyl groups excluding tert-OH is 1. The second-order valence-electron chi connectivity index (χ2n) is 2.84. The Morgan fingerprint density at radius 2 is 2.23 bits per heavy atom. The van der Waals surface area contributed by atoms with Gasteiger partial charge in [-0.15, -0.1) is 11.8 Å². The molecule has 72 valence electrons. The summed E-state index contributed by atoms with van der Waals surface area (Å²) in [7, 11) is 0. The predicted molar refractivity (Wildman–Crippen MR) is 53.6 cm³/mol. The molecular formula is C10H13FOS. The zero-order valence-electron chi connectivity index (χ0n) is 7.59. The van der Waals surface area contributed by atoms with E-state index in [1.807, 2.05) is 6.07 Å². The van der Waals surface area contributed by atoms with Crippen LogP contribution in [0.2, 0.25) is 0 Å². The summed E-state index contributed by atoms with van der Waals surface area (Å²) >= 11 is 1.64. The second-order valence-corrected chi connectivity index (χ2v) is 4.00. The summed E-state index contributed by atoms with van der Waals surface area (Å²) in [5.41, 5.74) is 0.675. The quantitative estimate of drug-likeness (QED) is 0.595. The number of hydrogen-bond donors (Lipinski definition) is 1. The topological polar surface area (TPSA) is 20.2 Å². The van der Waals surface area contributed by atoms with Gasteiger partial charge < -0.3 is 5.11 Å². The van der Waals surface area contributed by atoms with Crippen molar-refractivity contribution in [2.45, 2.75) is 18.2 Å². The van der Waals surface area contributed by atoms with Gasteiger partial charge in [0.15, 0.2) is 0 Å². The Labute approximate surface area is 82.0 Å². The van der Waals surface area contributed by atoms with E-state index in [0.717, 1.165) is 17.1 Å². The first-order valence-electron chi connectivity index (χ1n) is 4.24. The molecule has 3 heteroatoms. The number of aliphatic hydroxyl groups is 1. The van der Waals surface area contributed by atoms with Gasteiger partial charge in [0.05, 0.1) is 0 Å². The molecule has 0 aromatic heterocycles. The van der Waals surface area contributed by atoms with Crippen molar-refractivity contribution in [2.75, 3.05) is 12.4 Å². The fourth-order valence-corrected chi connectivity index (χ4v) is 1.90. The van der Waals surface area contributed by atoms with Crippen molar-refractivity contribution < 1.29 is 9.50 Å². The van der Waals surface area contributed by atoms with Crippen molar-refractivity contribution in [1.82, 2.24) is 0 Å². The molecule has 1 aromatic carbocycles. The Kier molecular flexibility index (Phi) is 4.25. The van der Waals surface area contributed by atoms with Gasteiger partial charge in [-0.2, -0.15) is 0 Å². The Balaban J connectivity index is 2.53. The highest BCUT2D eigenvalue weighted by Gasteiger charge is 1.98. The summed E-state index contributed by atoms with van der Waals surface area (Å²) < 4.78 is 12.8. The molecule has 0 aliphatic carbocycles. The van der Waals surface area contributed by atoms with Crippen LogP contribution >= 0.6 is 11.8 Å². The summed E-state index contributed by atoms with van der Waals surface area (Å²) in [6.45, 7) is 1.97. The summed E-state index contributed by atoms with van der Waals surface area (Å²) in [6, 6.07) is 5.08. The number of hydrogen-bond acceptors (Lipinski definition) is 2. The first-order valence-corrected chi connectivity index (χ1v) is 5.22. The van der Waals surface area contributed by atoms with Gasteiger partial charge in [-0.25, -0.2) is 4.39 Å². The van der Waals surface area contributed by atoms with Crippen LogP contribution in [0.15, 0.2) is 23.1 Å². The van der Waals surface area contributed by atoms with Crippen LogP contribution in [-0.4, -0.2) is 17.5 Å². The molecule has 1 N–H and O–H groups in total. The van der Waals surface area contributed by atoms with Crippen LogP contribution in [0.1, 0.15) is 12.0 Å². The van der Waals surface area contributed by atoms with Crippen LogP contribution in [0.3, 0.4) is 0 Å². The van der Waals surface area contributed by atoms with Crippen molar-refractivity contribution in [2.24, 2.45) is 0 Å². The Morgan fingerprint density at radius 1 is 1.46 bits per heavy atom. The minimum absolute atomic E-state index is 0.161. The molecule has 0 aliphatic rings. The standard InChI is InChI=1S/C10H13FOS/c1-8-7-9(3-4-10(8)11)13-6-2-5-12/h3-4,7,12H,2,5-6H2,1H3. The third-order valence-corrected chi connectivity index (χ3v) is 2.78. The zero-order valence-corrected chi connectivity index (χ0v) is 8.40. The lowest BCUT2D eigenvalue weighted by Gasteiger charge is -2.02. The van der Waals surface area contributed by atoms with Gasteiger partial charge in [0, 0.05) is 17.3 Å². The molecule has 0 saturated heterocycles. The molecule has 0 unspecified atom stereocenters. The van der Waals surface area contributed by atoms with Crippen molar-refractivity contribution in [3.63, 3.8) is 0 Å². The normalized spacial score (nSPS) is 10.4. The fourth-order valence-electron chi connectivity index (χ4n) is 0.962. The maximum absolute atomic E-state index is 12.8. The lowest BCUT2D eigenvalue weighted by molar-refractivity contribution is 0.296. The molecule has 0 saturated carbocycles. The molecule has 0 radical (unpaired) electrons. The van der Waals surface area contributed by atoms with Gasteiger partial charge in [0.1, 0.15) is 5.82 Å². The first kappa shape index (κ1) is 10.5. The molecule has 0 atom stereocenters. The minimum Gasteiger partial charge on any atom is -0.396 e. The number of thioether (sulfide) groups is 1. The van der Waals surface area contributed by atoms with Crippen LogP contribution in [0.25, 0.3) is 0 Å². The summed E-state index contributed by atoms with van der Waals surface area (Å²) in [5, 5.41) is 8.57.